The van der Waals surface area contributed by atoms with Crippen LogP contribution in [0.1, 0.15) is 12.0 Å². The molecule has 0 bridgehead atoms. The molecule has 1 aromatic carbocycles. The van der Waals surface area contributed by atoms with Gasteiger partial charge in [0.2, 0.25) is 0 Å². The number of rotatable bonds is 4. The molecule has 0 unspecified atom stereocenters. The molecule has 1 aromatic heterocycles. The molecule has 2 rings (SSSR count). The highest BCUT2D eigenvalue weighted by molar-refractivity contribution is 5.81. The molecule has 0 saturated carbocycles. The Balaban J connectivity index is 2.37. The Kier molecular flexibility index (Phi) is 3.52. The van der Waals surface area contributed by atoms with E-state index in [0.717, 1.165) is 0 Å². The van der Waals surface area contributed by atoms with Gasteiger partial charge in [0.15, 0.2) is 0 Å². The number of fused-ring (bicyclic) bond motifs is 1. The van der Waals surface area contributed by atoms with E-state index >= 15 is 0 Å². The van der Waals surface area contributed by atoms with Crippen LogP contribution in [-0.4, -0.2) is 22.2 Å². The first kappa shape index (κ1) is 13.1. The minimum absolute atomic E-state index is 0.00460. The molecule has 19 heavy (non-hydrogen) atoms. The Labute approximate surface area is 108 Å². The molecule has 1 heterocycles. The first-order chi connectivity index (χ1) is 8.97. The van der Waals surface area contributed by atoms with E-state index in [0.29, 0.717) is 17.4 Å². The summed E-state index contributed by atoms with van der Waals surface area (Å²) >= 11 is 0. The molecule has 0 fully saturated rings. The number of hydrogen-bond donors (Lipinski definition) is 3. The fourth-order valence-corrected chi connectivity index (χ4v) is 1.86. The van der Waals surface area contributed by atoms with Crippen molar-refractivity contribution in [3.05, 3.63) is 40.2 Å². The summed E-state index contributed by atoms with van der Waals surface area (Å²) in [4.78, 5) is 22.1. The van der Waals surface area contributed by atoms with Gasteiger partial charge in [-0.3, -0.25) is 4.79 Å². The Hall–Kier alpha value is -2.34. The van der Waals surface area contributed by atoms with E-state index in [1.54, 1.807) is 6.07 Å². The number of carbonyl (C=O) groups is 1. The minimum Gasteiger partial charge on any atom is -0.508 e. The maximum Gasteiger partial charge on any atom is 0.336 e. The van der Waals surface area contributed by atoms with Gasteiger partial charge in [-0.1, -0.05) is 0 Å². The standard InChI is InChI=1S/C13H13NO5/c14-10(13(17)18)4-1-7-5-12(16)19-11-6-8(15)2-3-9(7)11/h2-3,5-6,10,15H,1,4,14H2,(H,17,18)/t10-/m0/s1. The van der Waals surface area contributed by atoms with E-state index in [4.69, 9.17) is 15.3 Å². The predicted octanol–water partition coefficient (Wildman–Crippen LogP) is 0.843. The summed E-state index contributed by atoms with van der Waals surface area (Å²) in [5.41, 5.74) is 5.81. The number of carboxylic acids is 1. The highest BCUT2D eigenvalue weighted by Gasteiger charge is 2.13. The number of aryl methyl sites for hydroxylation is 1. The van der Waals surface area contributed by atoms with E-state index in [9.17, 15) is 14.7 Å². The van der Waals surface area contributed by atoms with Crippen molar-refractivity contribution in [2.24, 2.45) is 5.73 Å². The Morgan fingerprint density at radius 2 is 2.11 bits per heavy atom. The number of hydrogen-bond acceptors (Lipinski definition) is 5. The summed E-state index contributed by atoms with van der Waals surface area (Å²) in [6.45, 7) is 0. The van der Waals surface area contributed by atoms with Crippen LogP contribution in [0.4, 0.5) is 0 Å². The smallest absolute Gasteiger partial charge is 0.336 e. The SMILES string of the molecule is N[C@@H](CCc1cc(=O)oc2cc(O)ccc12)C(=O)O. The van der Waals surface area contributed by atoms with Gasteiger partial charge in [0.1, 0.15) is 17.4 Å². The third-order valence-electron chi connectivity index (χ3n) is 2.86. The highest BCUT2D eigenvalue weighted by Crippen LogP contribution is 2.22. The third-order valence-corrected chi connectivity index (χ3v) is 2.86. The number of aliphatic carboxylic acids is 1. The average molecular weight is 263 g/mol. The summed E-state index contributed by atoms with van der Waals surface area (Å²) in [6.07, 6.45) is 0.565. The van der Waals surface area contributed by atoms with Crippen molar-refractivity contribution in [2.75, 3.05) is 0 Å². The number of aromatic hydroxyl groups is 1. The van der Waals surface area contributed by atoms with Crippen LogP contribution in [0, 0.1) is 0 Å². The second kappa shape index (κ2) is 5.11. The lowest BCUT2D eigenvalue weighted by Crippen LogP contribution is -2.30. The van der Waals surface area contributed by atoms with E-state index in [1.165, 1.54) is 18.2 Å². The fourth-order valence-electron chi connectivity index (χ4n) is 1.86. The third kappa shape index (κ3) is 2.92. The van der Waals surface area contributed by atoms with Gasteiger partial charge in [0, 0.05) is 17.5 Å². The summed E-state index contributed by atoms with van der Waals surface area (Å²) in [6, 6.07) is 4.78. The molecule has 0 spiro atoms. The maximum atomic E-state index is 11.4. The van der Waals surface area contributed by atoms with Crippen LogP contribution in [0.5, 0.6) is 5.75 Å². The molecule has 0 aliphatic rings. The van der Waals surface area contributed by atoms with Crippen LogP contribution in [0.2, 0.25) is 0 Å². The second-order valence-electron chi connectivity index (χ2n) is 4.25. The van der Waals surface area contributed by atoms with Crippen molar-refractivity contribution in [3.8, 4) is 5.75 Å². The zero-order valence-corrected chi connectivity index (χ0v) is 10.00. The van der Waals surface area contributed by atoms with Gasteiger partial charge >= 0.3 is 11.6 Å². The molecule has 6 heteroatoms. The monoisotopic (exact) mass is 263 g/mol. The zero-order valence-electron chi connectivity index (χ0n) is 10.00. The van der Waals surface area contributed by atoms with E-state index in [-0.39, 0.29) is 17.8 Å². The van der Waals surface area contributed by atoms with Gasteiger partial charge in [0.05, 0.1) is 0 Å². The molecular weight excluding hydrogens is 250 g/mol. The fraction of sp³-hybridized carbons (Fsp3) is 0.231. The van der Waals surface area contributed by atoms with Gasteiger partial charge < -0.3 is 20.4 Å². The van der Waals surface area contributed by atoms with Crippen LogP contribution in [0.25, 0.3) is 11.0 Å². The van der Waals surface area contributed by atoms with Crippen molar-refractivity contribution >= 4 is 16.9 Å². The maximum absolute atomic E-state index is 11.4. The Morgan fingerprint density at radius 1 is 1.37 bits per heavy atom. The molecular formula is C13H13NO5. The summed E-state index contributed by atoms with van der Waals surface area (Å²) in [5, 5.41) is 18.7. The van der Waals surface area contributed by atoms with Crippen LogP contribution in [0.15, 0.2) is 33.5 Å². The highest BCUT2D eigenvalue weighted by atomic mass is 16.4. The van der Waals surface area contributed by atoms with Gasteiger partial charge in [-0.15, -0.1) is 0 Å². The molecule has 1 atom stereocenters. The second-order valence-corrected chi connectivity index (χ2v) is 4.25. The van der Waals surface area contributed by atoms with Crippen molar-refractivity contribution in [3.63, 3.8) is 0 Å². The first-order valence-corrected chi connectivity index (χ1v) is 5.71. The summed E-state index contributed by atoms with van der Waals surface area (Å²) < 4.78 is 4.97. The van der Waals surface area contributed by atoms with Crippen LogP contribution < -0.4 is 11.4 Å². The molecule has 6 nitrogen and oxygen atoms in total. The van der Waals surface area contributed by atoms with Crippen LogP contribution in [0.3, 0.4) is 0 Å². The lowest BCUT2D eigenvalue weighted by Gasteiger charge is -2.08. The molecule has 100 valence electrons. The van der Waals surface area contributed by atoms with E-state index in [1.807, 2.05) is 0 Å². The summed E-state index contributed by atoms with van der Waals surface area (Å²) in [5.74, 6) is -1.08. The lowest BCUT2D eigenvalue weighted by molar-refractivity contribution is -0.138. The summed E-state index contributed by atoms with van der Waals surface area (Å²) in [7, 11) is 0. The zero-order chi connectivity index (χ0) is 14.0. The van der Waals surface area contributed by atoms with E-state index < -0.39 is 17.6 Å². The van der Waals surface area contributed by atoms with Crippen molar-refractivity contribution < 1.29 is 19.4 Å². The Bertz CT molecular complexity index is 676. The van der Waals surface area contributed by atoms with Crippen LogP contribution in [-0.2, 0) is 11.2 Å². The van der Waals surface area contributed by atoms with Crippen molar-refractivity contribution in [1.82, 2.24) is 0 Å². The molecule has 0 radical (unpaired) electrons. The number of nitrogens with two attached hydrogens (primary N) is 1. The lowest BCUT2D eigenvalue weighted by atomic mass is 10.0. The molecule has 0 amide bonds. The molecule has 4 N–H and O–H groups in total. The molecule has 2 aromatic rings. The van der Waals surface area contributed by atoms with E-state index in [2.05, 4.69) is 0 Å². The number of phenols is 1. The molecule has 0 saturated heterocycles. The number of phenolic OH excluding ortho intramolecular Hbond substituents is 1. The quantitative estimate of drug-likeness (QED) is 0.704. The molecule has 0 aliphatic carbocycles. The molecule has 0 aliphatic heterocycles. The normalized spacial score (nSPS) is 12.5. The predicted molar refractivity (Wildman–Crippen MR) is 68.1 cm³/mol. The first-order valence-electron chi connectivity index (χ1n) is 5.71. The topological polar surface area (TPSA) is 114 Å². The average Bonchev–Trinajstić information content (AvgIpc) is 2.34. The number of benzene rings is 1. The van der Waals surface area contributed by atoms with Crippen molar-refractivity contribution in [2.45, 2.75) is 18.9 Å². The van der Waals surface area contributed by atoms with Gasteiger partial charge in [0.25, 0.3) is 0 Å². The van der Waals surface area contributed by atoms with Gasteiger partial charge in [-0.25, -0.2) is 4.79 Å². The van der Waals surface area contributed by atoms with Gasteiger partial charge in [-0.05, 0) is 30.5 Å². The minimum atomic E-state index is -1.08. The van der Waals surface area contributed by atoms with Crippen LogP contribution >= 0.6 is 0 Å². The number of carboxylic acid groups (broad SMARTS) is 1. The largest absolute Gasteiger partial charge is 0.508 e. The van der Waals surface area contributed by atoms with Crippen molar-refractivity contribution in [1.29, 1.82) is 0 Å². The Morgan fingerprint density at radius 3 is 2.79 bits per heavy atom. The van der Waals surface area contributed by atoms with Gasteiger partial charge in [-0.2, -0.15) is 0 Å².